The Balaban J connectivity index is 0. The second-order valence-electron chi connectivity index (χ2n) is 0.720. The van der Waals surface area contributed by atoms with Gasteiger partial charge >= 0.3 is 29.6 Å². The van der Waals surface area contributed by atoms with Crippen molar-refractivity contribution in [1.29, 1.82) is 0 Å². The Morgan fingerprint density at radius 2 is 2.00 bits per heavy atom. The van der Waals surface area contributed by atoms with Crippen molar-refractivity contribution in [1.82, 2.24) is 0 Å². The zero-order valence-corrected chi connectivity index (χ0v) is 8.02. The molecule has 0 aliphatic heterocycles. The Labute approximate surface area is 73.2 Å². The van der Waals surface area contributed by atoms with E-state index in [-0.39, 0.29) is 35.3 Å². The topological polar surface area (TPSA) is 23.1 Å². The third-order valence-corrected chi connectivity index (χ3v) is 1.03. The SMILES string of the molecule is C/C([O-])=C\I.[Na+]. The first-order chi connectivity index (χ1) is 2.27. The monoisotopic (exact) mass is 206 g/mol. The van der Waals surface area contributed by atoms with E-state index in [9.17, 15) is 5.11 Å². The maximum Gasteiger partial charge on any atom is 1.00 e. The van der Waals surface area contributed by atoms with Crippen LogP contribution in [0.25, 0.3) is 0 Å². The van der Waals surface area contributed by atoms with Gasteiger partial charge in [0.25, 0.3) is 0 Å². The first-order valence-electron chi connectivity index (χ1n) is 1.21. The van der Waals surface area contributed by atoms with Gasteiger partial charge in [-0.25, -0.2) is 0 Å². The van der Waals surface area contributed by atoms with Gasteiger partial charge in [-0.05, 0) is 4.08 Å². The van der Waals surface area contributed by atoms with E-state index in [1.165, 1.54) is 11.0 Å². The molecule has 0 aliphatic rings. The maximum atomic E-state index is 9.75. The summed E-state index contributed by atoms with van der Waals surface area (Å²) in [4.78, 5) is 0. The van der Waals surface area contributed by atoms with E-state index >= 15 is 0 Å². The zero-order chi connectivity index (χ0) is 4.28. The molecule has 6 heavy (non-hydrogen) atoms. The molecule has 1 nitrogen and oxygen atoms in total. The summed E-state index contributed by atoms with van der Waals surface area (Å²) in [5.74, 6) is 0.116. The van der Waals surface area contributed by atoms with E-state index in [1.54, 1.807) is 0 Å². The van der Waals surface area contributed by atoms with Crippen molar-refractivity contribution in [2.75, 3.05) is 0 Å². The van der Waals surface area contributed by atoms with E-state index in [1.807, 2.05) is 22.6 Å². The molecule has 0 aromatic heterocycles. The van der Waals surface area contributed by atoms with Crippen molar-refractivity contribution >= 4 is 22.6 Å². The first-order valence-corrected chi connectivity index (χ1v) is 2.46. The van der Waals surface area contributed by atoms with Crippen molar-refractivity contribution in [3.8, 4) is 0 Å². The fourth-order valence-electron chi connectivity index (χ4n) is 0. The fourth-order valence-corrected chi connectivity index (χ4v) is 0. The van der Waals surface area contributed by atoms with Gasteiger partial charge in [0, 0.05) is 0 Å². The molecule has 0 saturated heterocycles. The summed E-state index contributed by atoms with van der Waals surface area (Å²) >= 11 is 1.90. The minimum absolute atomic E-state index is 0. The van der Waals surface area contributed by atoms with Crippen LogP contribution < -0.4 is 34.7 Å². The van der Waals surface area contributed by atoms with Crippen LogP contribution in [0.1, 0.15) is 6.92 Å². The third kappa shape index (κ3) is 8.99. The van der Waals surface area contributed by atoms with Crippen LogP contribution in [0.15, 0.2) is 9.84 Å². The smallest absolute Gasteiger partial charge is 0.875 e. The van der Waals surface area contributed by atoms with Gasteiger partial charge in [0.2, 0.25) is 0 Å². The van der Waals surface area contributed by atoms with Crippen LogP contribution >= 0.6 is 22.6 Å². The second kappa shape index (κ2) is 6.27. The predicted molar refractivity (Wildman–Crippen MR) is 27.8 cm³/mol. The molecule has 0 heterocycles. The Kier molecular flexibility index (Phi) is 10.8. The summed E-state index contributed by atoms with van der Waals surface area (Å²) in [6, 6.07) is 0. The molecule has 0 unspecified atom stereocenters. The summed E-state index contributed by atoms with van der Waals surface area (Å²) in [6.07, 6.45) is 0. The van der Waals surface area contributed by atoms with Gasteiger partial charge < -0.3 is 5.11 Å². The van der Waals surface area contributed by atoms with Crippen LogP contribution in [0, 0.1) is 0 Å². The van der Waals surface area contributed by atoms with Crippen LogP contribution in [0.5, 0.6) is 0 Å². The molecule has 0 fully saturated rings. The van der Waals surface area contributed by atoms with Gasteiger partial charge in [-0.2, -0.15) is 0 Å². The van der Waals surface area contributed by atoms with Crippen LogP contribution in [-0.2, 0) is 0 Å². The minimum Gasteiger partial charge on any atom is -0.875 e. The fraction of sp³-hybridized carbons (Fsp3) is 0.333. The Morgan fingerprint density at radius 3 is 2.00 bits per heavy atom. The third-order valence-electron chi connectivity index (χ3n) is 0.154. The Morgan fingerprint density at radius 1 is 1.83 bits per heavy atom. The Bertz CT molecular complexity index is 48.8. The van der Waals surface area contributed by atoms with Gasteiger partial charge in [0.05, 0.1) is 0 Å². The van der Waals surface area contributed by atoms with Gasteiger partial charge in [-0.15, -0.1) is 5.76 Å². The molecule has 0 N–H and O–H groups in total. The minimum atomic E-state index is 0. The van der Waals surface area contributed by atoms with Crippen molar-refractivity contribution < 1.29 is 34.7 Å². The van der Waals surface area contributed by atoms with Gasteiger partial charge in [0.15, 0.2) is 0 Å². The van der Waals surface area contributed by atoms with Crippen molar-refractivity contribution in [2.24, 2.45) is 0 Å². The van der Waals surface area contributed by atoms with E-state index in [0.717, 1.165) is 0 Å². The normalized spacial score (nSPS) is 10.0. The van der Waals surface area contributed by atoms with Gasteiger partial charge in [-0.1, -0.05) is 29.5 Å². The number of allylic oxidation sites excluding steroid dienone is 1. The van der Waals surface area contributed by atoms with Crippen LogP contribution in [0.4, 0.5) is 0 Å². The van der Waals surface area contributed by atoms with E-state index in [2.05, 4.69) is 0 Å². The molecule has 0 radical (unpaired) electrons. The molecule has 0 atom stereocenters. The summed E-state index contributed by atoms with van der Waals surface area (Å²) < 4.78 is 1.50. The van der Waals surface area contributed by atoms with E-state index < -0.39 is 0 Å². The molecular formula is C3H4INaO. The first kappa shape index (κ1) is 10.3. The van der Waals surface area contributed by atoms with Crippen LogP contribution in [-0.4, -0.2) is 0 Å². The van der Waals surface area contributed by atoms with E-state index in [4.69, 9.17) is 0 Å². The van der Waals surface area contributed by atoms with Crippen LogP contribution in [0.2, 0.25) is 0 Å². The van der Waals surface area contributed by atoms with Crippen molar-refractivity contribution in [3.05, 3.63) is 9.84 Å². The molecule has 3 heteroatoms. The second-order valence-corrected chi connectivity index (χ2v) is 1.34. The quantitative estimate of drug-likeness (QED) is 0.247. The van der Waals surface area contributed by atoms with Crippen LogP contribution in [0.3, 0.4) is 0 Å². The average Bonchev–Trinajstić information content (AvgIpc) is 1.38. The summed E-state index contributed by atoms with van der Waals surface area (Å²) in [6.45, 7) is 1.52. The predicted octanol–water partition coefficient (Wildman–Crippen LogP) is -2.35. The number of rotatable bonds is 0. The molecule has 0 aliphatic carbocycles. The number of halogens is 1. The Hall–Kier alpha value is 1.27. The summed E-state index contributed by atoms with van der Waals surface area (Å²) in [5, 5.41) is 9.75. The molecule has 0 rings (SSSR count). The molecule has 0 bridgehead atoms. The van der Waals surface area contributed by atoms with Crippen molar-refractivity contribution in [2.45, 2.75) is 6.92 Å². The maximum absolute atomic E-state index is 9.75. The molecule has 0 aromatic carbocycles. The largest absolute Gasteiger partial charge is 1.00 e. The standard InChI is InChI=1S/C3H5IO.Na/c1-3(5)2-4;/h2,5H,1H3;/q;+1/p-1/b3-2+;. The molecule has 0 amide bonds. The summed E-state index contributed by atoms with van der Waals surface area (Å²) in [7, 11) is 0. The average molecular weight is 206 g/mol. The molecule has 0 saturated carbocycles. The molecule has 0 spiro atoms. The molecule has 30 valence electrons. The van der Waals surface area contributed by atoms with E-state index in [0.29, 0.717) is 0 Å². The molecule has 0 aromatic rings. The summed E-state index contributed by atoms with van der Waals surface area (Å²) in [5.41, 5.74) is 0. The number of hydrogen-bond acceptors (Lipinski definition) is 1. The van der Waals surface area contributed by atoms with Gasteiger partial charge in [0.1, 0.15) is 0 Å². The molecular weight excluding hydrogens is 202 g/mol. The van der Waals surface area contributed by atoms with Gasteiger partial charge in [-0.3, -0.25) is 0 Å². The zero-order valence-electron chi connectivity index (χ0n) is 3.86. The number of hydrogen-bond donors (Lipinski definition) is 0. The van der Waals surface area contributed by atoms with Crippen molar-refractivity contribution in [3.63, 3.8) is 0 Å².